The second kappa shape index (κ2) is 12.3. The van der Waals surface area contributed by atoms with Crippen molar-refractivity contribution in [3.05, 3.63) is 50.6 Å². The quantitative estimate of drug-likeness (QED) is 0.285. The highest BCUT2D eigenvalue weighted by molar-refractivity contribution is 4.76. The van der Waals surface area contributed by atoms with E-state index >= 15 is 0 Å². The lowest BCUT2D eigenvalue weighted by Crippen LogP contribution is -2.29. The maximum absolute atomic E-state index is 5.52. The fraction of sp³-hybridized carbons (Fsp3) is 0.429. The monoisotopic (exact) mass is 252 g/mol. The van der Waals surface area contributed by atoms with Gasteiger partial charge in [0, 0.05) is 26.2 Å². The van der Waals surface area contributed by atoms with Gasteiger partial charge < -0.3 is 0 Å². The summed E-state index contributed by atoms with van der Waals surface area (Å²) in [4.78, 5) is 11.0. The van der Waals surface area contributed by atoms with Crippen LogP contribution in [-0.4, -0.2) is 49.5 Å². The fourth-order valence-corrected chi connectivity index (χ4v) is 1.27. The van der Waals surface area contributed by atoms with Crippen LogP contribution >= 0.6 is 0 Å². The average Bonchev–Trinajstić information content (AvgIpc) is 2.35. The van der Waals surface area contributed by atoms with Crippen LogP contribution in [0.15, 0.2) is 50.6 Å². The number of nitrogens with zero attached hydrogens (tertiary/aromatic N) is 2. The molecule has 0 aliphatic carbocycles. The molecule has 0 aliphatic heterocycles. The number of hydroxylamine groups is 4. The Morgan fingerprint density at radius 2 is 0.889 bits per heavy atom. The van der Waals surface area contributed by atoms with E-state index in [4.69, 9.17) is 9.68 Å². The standard InChI is InChI=1S/C14H24N2O2/c1-5-9-15(10-6-2)17-13-14-18-16(11-7-3)12-8-4/h5-8H,1-4,9-14H2. The van der Waals surface area contributed by atoms with E-state index in [0.29, 0.717) is 39.4 Å². The minimum Gasteiger partial charge on any atom is -0.296 e. The van der Waals surface area contributed by atoms with Crippen LogP contribution in [0.25, 0.3) is 0 Å². The maximum Gasteiger partial charge on any atom is 0.0939 e. The highest BCUT2D eigenvalue weighted by Gasteiger charge is 2.03. The van der Waals surface area contributed by atoms with Crippen molar-refractivity contribution in [1.82, 2.24) is 10.1 Å². The van der Waals surface area contributed by atoms with E-state index in [1.165, 1.54) is 0 Å². The zero-order valence-corrected chi connectivity index (χ0v) is 11.1. The molecule has 4 heteroatoms. The molecule has 0 saturated heterocycles. The third kappa shape index (κ3) is 8.90. The lowest BCUT2D eigenvalue weighted by Gasteiger charge is -2.21. The minimum absolute atomic E-state index is 0.479. The normalized spacial score (nSPS) is 10.6. The highest BCUT2D eigenvalue weighted by Crippen LogP contribution is 1.95. The minimum atomic E-state index is 0.479. The summed E-state index contributed by atoms with van der Waals surface area (Å²) < 4.78 is 0. The van der Waals surface area contributed by atoms with Gasteiger partial charge in [0.25, 0.3) is 0 Å². The van der Waals surface area contributed by atoms with Gasteiger partial charge >= 0.3 is 0 Å². The van der Waals surface area contributed by atoms with Crippen molar-refractivity contribution in [1.29, 1.82) is 0 Å². The van der Waals surface area contributed by atoms with E-state index in [2.05, 4.69) is 26.3 Å². The summed E-state index contributed by atoms with van der Waals surface area (Å²) in [6.45, 7) is 18.3. The van der Waals surface area contributed by atoms with Crippen molar-refractivity contribution in [2.24, 2.45) is 0 Å². The molecule has 0 aliphatic rings. The van der Waals surface area contributed by atoms with Gasteiger partial charge in [-0.25, -0.2) is 0 Å². The van der Waals surface area contributed by atoms with Gasteiger partial charge in [-0.05, 0) is 0 Å². The van der Waals surface area contributed by atoms with Crippen LogP contribution in [0.1, 0.15) is 0 Å². The Morgan fingerprint density at radius 1 is 0.611 bits per heavy atom. The SMILES string of the molecule is C=CCN(CC=C)OCCON(CC=C)CC=C. The molecule has 0 spiro atoms. The lowest BCUT2D eigenvalue weighted by molar-refractivity contribution is -0.200. The molecular weight excluding hydrogens is 228 g/mol. The molecule has 0 N–H and O–H groups in total. The average molecular weight is 252 g/mol. The van der Waals surface area contributed by atoms with Gasteiger partial charge in [-0.2, -0.15) is 10.1 Å². The molecule has 0 heterocycles. The Labute approximate surface area is 110 Å². The van der Waals surface area contributed by atoms with Gasteiger partial charge in [-0.3, -0.25) is 9.68 Å². The Balaban J connectivity index is 3.78. The summed E-state index contributed by atoms with van der Waals surface area (Å²) in [6, 6.07) is 0. The molecule has 0 aromatic heterocycles. The molecule has 18 heavy (non-hydrogen) atoms. The number of hydrogen-bond donors (Lipinski definition) is 0. The van der Waals surface area contributed by atoms with Crippen molar-refractivity contribution in [3.63, 3.8) is 0 Å². The molecule has 0 rings (SSSR count). The van der Waals surface area contributed by atoms with Crippen molar-refractivity contribution < 1.29 is 9.68 Å². The zero-order valence-electron chi connectivity index (χ0n) is 11.1. The van der Waals surface area contributed by atoms with Gasteiger partial charge in [0.05, 0.1) is 13.2 Å². The molecule has 0 aromatic carbocycles. The Hall–Kier alpha value is -1.20. The van der Waals surface area contributed by atoms with E-state index < -0.39 is 0 Å². The van der Waals surface area contributed by atoms with E-state index in [0.717, 1.165) is 0 Å². The maximum atomic E-state index is 5.52. The fourth-order valence-electron chi connectivity index (χ4n) is 1.27. The summed E-state index contributed by atoms with van der Waals surface area (Å²) in [5, 5.41) is 3.55. The summed E-state index contributed by atoms with van der Waals surface area (Å²) in [5.74, 6) is 0. The van der Waals surface area contributed by atoms with Crippen molar-refractivity contribution in [2.45, 2.75) is 0 Å². The summed E-state index contributed by atoms with van der Waals surface area (Å²) in [6.07, 6.45) is 7.14. The van der Waals surface area contributed by atoms with Crippen LogP contribution in [0.3, 0.4) is 0 Å². The molecule has 4 nitrogen and oxygen atoms in total. The molecule has 0 radical (unpaired) electrons. The van der Waals surface area contributed by atoms with Crippen molar-refractivity contribution in [2.75, 3.05) is 39.4 Å². The first-order chi connectivity index (χ1) is 8.78. The second-order valence-corrected chi connectivity index (χ2v) is 3.52. The molecule has 102 valence electrons. The first-order valence-electron chi connectivity index (χ1n) is 5.97. The van der Waals surface area contributed by atoms with Gasteiger partial charge in [0.2, 0.25) is 0 Å². The molecule has 0 unspecified atom stereocenters. The second-order valence-electron chi connectivity index (χ2n) is 3.52. The Morgan fingerprint density at radius 3 is 1.11 bits per heavy atom. The van der Waals surface area contributed by atoms with Crippen LogP contribution in [-0.2, 0) is 9.68 Å². The van der Waals surface area contributed by atoms with Gasteiger partial charge in [0.1, 0.15) is 0 Å². The third-order valence-electron chi connectivity index (χ3n) is 1.96. The number of hydrogen-bond acceptors (Lipinski definition) is 4. The molecular formula is C14H24N2O2. The predicted molar refractivity (Wildman–Crippen MR) is 75.8 cm³/mol. The molecule has 0 atom stereocenters. The van der Waals surface area contributed by atoms with Crippen LogP contribution in [0.2, 0.25) is 0 Å². The van der Waals surface area contributed by atoms with Gasteiger partial charge in [-0.15, -0.1) is 26.3 Å². The van der Waals surface area contributed by atoms with E-state index in [9.17, 15) is 0 Å². The molecule has 0 saturated carbocycles. The molecule has 0 amide bonds. The van der Waals surface area contributed by atoms with Crippen LogP contribution in [0, 0.1) is 0 Å². The number of rotatable bonds is 13. The zero-order chi connectivity index (χ0) is 13.6. The Kier molecular flexibility index (Phi) is 11.4. The van der Waals surface area contributed by atoms with E-state index in [-0.39, 0.29) is 0 Å². The van der Waals surface area contributed by atoms with Crippen molar-refractivity contribution in [3.8, 4) is 0 Å². The molecule has 0 aromatic rings. The smallest absolute Gasteiger partial charge is 0.0939 e. The lowest BCUT2D eigenvalue weighted by atomic mass is 10.5. The summed E-state index contributed by atoms with van der Waals surface area (Å²) in [5.41, 5.74) is 0. The third-order valence-corrected chi connectivity index (χ3v) is 1.96. The first kappa shape index (κ1) is 16.8. The summed E-state index contributed by atoms with van der Waals surface area (Å²) >= 11 is 0. The van der Waals surface area contributed by atoms with Crippen LogP contribution < -0.4 is 0 Å². The van der Waals surface area contributed by atoms with Crippen molar-refractivity contribution >= 4 is 0 Å². The predicted octanol–water partition coefficient (Wildman–Crippen LogP) is 2.20. The van der Waals surface area contributed by atoms with Gasteiger partial charge in [0.15, 0.2) is 0 Å². The summed E-state index contributed by atoms with van der Waals surface area (Å²) in [7, 11) is 0. The van der Waals surface area contributed by atoms with E-state index in [1.807, 2.05) is 0 Å². The van der Waals surface area contributed by atoms with E-state index in [1.54, 1.807) is 34.4 Å². The van der Waals surface area contributed by atoms with Gasteiger partial charge in [-0.1, -0.05) is 24.3 Å². The molecule has 0 fully saturated rings. The molecule has 0 bridgehead atoms. The topological polar surface area (TPSA) is 24.9 Å². The Bertz CT molecular complexity index is 208. The largest absolute Gasteiger partial charge is 0.296 e. The van der Waals surface area contributed by atoms with Crippen LogP contribution in [0.5, 0.6) is 0 Å². The highest BCUT2D eigenvalue weighted by atomic mass is 16.7. The first-order valence-corrected chi connectivity index (χ1v) is 5.97. The van der Waals surface area contributed by atoms with Crippen LogP contribution in [0.4, 0.5) is 0 Å².